The highest BCUT2D eigenvalue weighted by Gasteiger charge is 2.10. The van der Waals surface area contributed by atoms with E-state index in [-0.39, 0.29) is 0 Å². The Hall–Kier alpha value is -0.480. The number of unbranched alkanes of at least 4 members (excludes halogenated alkanes) is 2. The van der Waals surface area contributed by atoms with Crippen molar-refractivity contribution >= 4 is 11.8 Å². The van der Waals surface area contributed by atoms with Crippen LogP contribution >= 0.6 is 11.8 Å². The van der Waals surface area contributed by atoms with Gasteiger partial charge in [0.1, 0.15) is 5.76 Å². The maximum atomic E-state index is 5.55. The minimum absolute atomic E-state index is 0.495. The summed E-state index contributed by atoms with van der Waals surface area (Å²) in [6.45, 7) is 10.5. The first-order valence-corrected chi connectivity index (χ1v) is 7.32. The average Bonchev–Trinajstić information content (AvgIpc) is 2.57. The van der Waals surface area contributed by atoms with E-state index in [1.807, 2.05) is 13.8 Å². The summed E-state index contributed by atoms with van der Waals surface area (Å²) in [7, 11) is 0. The van der Waals surface area contributed by atoms with Crippen molar-refractivity contribution in [2.24, 2.45) is 0 Å². The maximum absolute atomic E-state index is 5.55. The molecule has 0 aromatic carbocycles. The van der Waals surface area contributed by atoms with Crippen molar-refractivity contribution in [3.8, 4) is 0 Å². The van der Waals surface area contributed by atoms with E-state index in [1.165, 1.54) is 19.3 Å². The largest absolute Gasteiger partial charge is 0.437 e. The van der Waals surface area contributed by atoms with E-state index in [9.17, 15) is 0 Å². The van der Waals surface area contributed by atoms with E-state index >= 15 is 0 Å². The fourth-order valence-electron chi connectivity index (χ4n) is 1.51. The molecule has 1 atom stereocenters. The van der Waals surface area contributed by atoms with Gasteiger partial charge in [0, 0.05) is 11.8 Å². The van der Waals surface area contributed by atoms with Gasteiger partial charge in [0.2, 0.25) is 0 Å². The third-order valence-electron chi connectivity index (χ3n) is 2.70. The molecule has 0 spiro atoms. The Bertz CT molecular complexity index is 306. The Labute approximate surface area is 109 Å². The normalized spacial score (nSPS) is 12.9. The lowest BCUT2D eigenvalue weighted by Gasteiger charge is -2.09. The molecule has 0 bridgehead atoms. The molecule has 0 fully saturated rings. The van der Waals surface area contributed by atoms with Crippen LogP contribution in [0.4, 0.5) is 0 Å². The summed E-state index contributed by atoms with van der Waals surface area (Å²) in [5, 5.41) is 4.76. The molecule has 0 saturated carbocycles. The Kier molecular flexibility index (Phi) is 6.66. The third-order valence-corrected chi connectivity index (χ3v) is 3.65. The molecule has 3 nitrogen and oxygen atoms in total. The predicted molar refractivity (Wildman–Crippen MR) is 73.7 cm³/mol. The van der Waals surface area contributed by atoms with Gasteiger partial charge in [-0.2, -0.15) is 0 Å². The molecule has 17 heavy (non-hydrogen) atoms. The second kappa shape index (κ2) is 7.77. The molecule has 0 aliphatic heterocycles. The second-order valence-corrected chi connectivity index (χ2v) is 5.85. The fourth-order valence-corrected chi connectivity index (χ4v) is 2.42. The average molecular weight is 256 g/mol. The smallest absolute Gasteiger partial charge is 0.256 e. The molecular weight excluding hydrogens is 232 g/mol. The van der Waals surface area contributed by atoms with Gasteiger partial charge in [-0.1, -0.05) is 38.5 Å². The van der Waals surface area contributed by atoms with Crippen LogP contribution in [0.1, 0.15) is 44.6 Å². The Morgan fingerprint density at radius 2 is 2.12 bits per heavy atom. The highest BCUT2D eigenvalue weighted by molar-refractivity contribution is 7.99. The van der Waals surface area contributed by atoms with Gasteiger partial charge in [-0.3, -0.25) is 0 Å². The topological polar surface area (TPSA) is 38.1 Å². The fraction of sp³-hybridized carbons (Fsp3) is 0.769. The number of hydrogen-bond donors (Lipinski definition) is 1. The highest BCUT2D eigenvalue weighted by atomic mass is 32.2. The number of aryl methyl sites for hydroxylation is 2. The highest BCUT2D eigenvalue weighted by Crippen LogP contribution is 2.23. The van der Waals surface area contributed by atoms with Gasteiger partial charge in [-0.25, -0.2) is 4.98 Å². The van der Waals surface area contributed by atoms with E-state index in [1.54, 1.807) is 11.8 Å². The zero-order valence-corrected chi connectivity index (χ0v) is 12.2. The molecule has 0 aliphatic carbocycles. The van der Waals surface area contributed by atoms with E-state index in [4.69, 9.17) is 4.42 Å². The van der Waals surface area contributed by atoms with Gasteiger partial charge in [-0.15, -0.1) is 0 Å². The van der Waals surface area contributed by atoms with Crippen LogP contribution in [-0.2, 0) is 0 Å². The number of aromatic nitrogens is 1. The Balaban J connectivity index is 2.18. The van der Waals surface area contributed by atoms with E-state index in [2.05, 4.69) is 24.1 Å². The van der Waals surface area contributed by atoms with Crippen LogP contribution in [0.15, 0.2) is 9.64 Å². The number of nitrogens with one attached hydrogen (secondary N) is 1. The van der Waals surface area contributed by atoms with Crippen LogP contribution < -0.4 is 5.32 Å². The van der Waals surface area contributed by atoms with Crippen molar-refractivity contribution in [1.82, 2.24) is 10.3 Å². The van der Waals surface area contributed by atoms with Crippen molar-refractivity contribution in [3.63, 3.8) is 0 Å². The molecule has 1 aromatic heterocycles. The first kappa shape index (κ1) is 14.6. The molecular formula is C13H24N2OS. The van der Waals surface area contributed by atoms with Crippen molar-refractivity contribution in [2.45, 2.75) is 57.4 Å². The number of oxazole rings is 1. The SMILES string of the molecule is CCCCCNCC(C)Sc1nc(C)c(C)o1. The monoisotopic (exact) mass is 256 g/mol. The van der Waals surface area contributed by atoms with E-state index in [0.29, 0.717) is 5.25 Å². The van der Waals surface area contributed by atoms with Crippen LogP contribution in [0, 0.1) is 13.8 Å². The lowest BCUT2D eigenvalue weighted by Crippen LogP contribution is -2.23. The van der Waals surface area contributed by atoms with Gasteiger partial charge in [0.15, 0.2) is 0 Å². The molecule has 0 aliphatic rings. The zero-order chi connectivity index (χ0) is 12.7. The van der Waals surface area contributed by atoms with Crippen molar-refractivity contribution in [3.05, 3.63) is 11.5 Å². The standard InChI is InChI=1S/C13H24N2OS/c1-5-6-7-8-14-9-10(2)17-13-15-11(3)12(4)16-13/h10,14H,5-9H2,1-4H3. The third kappa shape index (κ3) is 5.59. The van der Waals surface area contributed by atoms with Gasteiger partial charge in [0.05, 0.1) is 5.69 Å². The summed E-state index contributed by atoms with van der Waals surface area (Å²) in [5.41, 5.74) is 0.996. The zero-order valence-electron chi connectivity index (χ0n) is 11.4. The minimum atomic E-state index is 0.495. The Morgan fingerprint density at radius 3 is 2.71 bits per heavy atom. The number of rotatable bonds is 8. The minimum Gasteiger partial charge on any atom is -0.437 e. The molecule has 1 N–H and O–H groups in total. The first-order chi connectivity index (χ1) is 8.13. The summed E-state index contributed by atoms with van der Waals surface area (Å²) in [6.07, 6.45) is 3.86. The lowest BCUT2D eigenvalue weighted by molar-refractivity contribution is 0.430. The maximum Gasteiger partial charge on any atom is 0.256 e. The lowest BCUT2D eigenvalue weighted by atomic mass is 10.2. The molecule has 0 radical (unpaired) electrons. The summed E-state index contributed by atoms with van der Waals surface area (Å²) < 4.78 is 5.55. The number of thioether (sulfide) groups is 1. The van der Waals surface area contributed by atoms with Gasteiger partial charge in [-0.05, 0) is 26.8 Å². The molecule has 0 saturated heterocycles. The van der Waals surface area contributed by atoms with Gasteiger partial charge >= 0.3 is 0 Å². The van der Waals surface area contributed by atoms with Gasteiger partial charge < -0.3 is 9.73 Å². The first-order valence-electron chi connectivity index (χ1n) is 6.45. The van der Waals surface area contributed by atoms with Crippen LogP contribution in [0.5, 0.6) is 0 Å². The van der Waals surface area contributed by atoms with Crippen molar-refractivity contribution < 1.29 is 4.42 Å². The number of nitrogens with zero attached hydrogens (tertiary/aromatic N) is 1. The van der Waals surface area contributed by atoms with Crippen LogP contribution in [-0.4, -0.2) is 23.3 Å². The van der Waals surface area contributed by atoms with E-state index in [0.717, 1.165) is 29.8 Å². The number of hydrogen-bond acceptors (Lipinski definition) is 4. The second-order valence-electron chi connectivity index (χ2n) is 4.46. The van der Waals surface area contributed by atoms with Crippen molar-refractivity contribution in [2.75, 3.05) is 13.1 Å². The Morgan fingerprint density at radius 1 is 1.35 bits per heavy atom. The molecule has 1 rings (SSSR count). The molecule has 1 unspecified atom stereocenters. The van der Waals surface area contributed by atoms with Crippen LogP contribution in [0.25, 0.3) is 0 Å². The molecule has 1 aromatic rings. The van der Waals surface area contributed by atoms with E-state index < -0.39 is 0 Å². The molecule has 1 heterocycles. The summed E-state index contributed by atoms with van der Waals surface area (Å²) in [6, 6.07) is 0. The summed E-state index contributed by atoms with van der Waals surface area (Å²) >= 11 is 1.70. The van der Waals surface area contributed by atoms with Crippen molar-refractivity contribution in [1.29, 1.82) is 0 Å². The molecule has 4 heteroatoms. The van der Waals surface area contributed by atoms with Gasteiger partial charge in [0.25, 0.3) is 5.22 Å². The van der Waals surface area contributed by atoms with Crippen LogP contribution in [0.3, 0.4) is 0 Å². The quantitative estimate of drug-likeness (QED) is 0.570. The summed E-state index contributed by atoms with van der Waals surface area (Å²) in [5.74, 6) is 0.926. The summed E-state index contributed by atoms with van der Waals surface area (Å²) in [4.78, 5) is 4.38. The molecule has 0 amide bonds. The molecule has 98 valence electrons. The van der Waals surface area contributed by atoms with Crippen LogP contribution in [0.2, 0.25) is 0 Å². The predicted octanol–water partition coefficient (Wildman–Crippen LogP) is 3.55.